The summed E-state index contributed by atoms with van der Waals surface area (Å²) in [4.78, 5) is 27.1. The fourth-order valence-electron chi connectivity index (χ4n) is 3.04. The Morgan fingerprint density at radius 2 is 1.61 bits per heavy atom. The third kappa shape index (κ3) is 4.62. The van der Waals surface area contributed by atoms with Crippen LogP contribution in [0.2, 0.25) is 0 Å². The van der Waals surface area contributed by atoms with Gasteiger partial charge in [0.15, 0.2) is 5.78 Å². The van der Waals surface area contributed by atoms with Crippen LogP contribution in [0, 0.1) is 0 Å². The van der Waals surface area contributed by atoms with Crippen LogP contribution in [-0.4, -0.2) is 42.9 Å². The van der Waals surface area contributed by atoms with E-state index >= 15 is 0 Å². The SMILES string of the molecule is CC(=O)c1ccc(NC(=O)N2CCN(c3cccc(C(F)(F)F)c3)CC2)cc1. The molecule has 5 nitrogen and oxygen atoms in total. The molecule has 1 N–H and O–H groups in total. The van der Waals surface area contributed by atoms with Crippen LogP contribution in [0.5, 0.6) is 0 Å². The van der Waals surface area contributed by atoms with E-state index in [1.165, 1.54) is 13.0 Å². The maximum absolute atomic E-state index is 12.9. The van der Waals surface area contributed by atoms with Crippen molar-refractivity contribution < 1.29 is 22.8 Å². The van der Waals surface area contributed by atoms with Gasteiger partial charge >= 0.3 is 12.2 Å². The minimum atomic E-state index is -4.38. The van der Waals surface area contributed by atoms with Crippen LogP contribution in [0.25, 0.3) is 0 Å². The molecule has 0 unspecified atom stereocenters. The van der Waals surface area contributed by atoms with Crippen molar-refractivity contribution in [2.75, 3.05) is 36.4 Å². The topological polar surface area (TPSA) is 52.7 Å². The van der Waals surface area contributed by atoms with Crippen LogP contribution < -0.4 is 10.2 Å². The monoisotopic (exact) mass is 391 g/mol. The number of ketones is 1. The number of urea groups is 1. The van der Waals surface area contributed by atoms with Gasteiger partial charge in [-0.05, 0) is 49.4 Å². The predicted octanol–water partition coefficient (Wildman–Crippen LogP) is 4.26. The zero-order valence-corrected chi connectivity index (χ0v) is 15.3. The second kappa shape index (κ2) is 7.92. The molecule has 0 atom stereocenters. The van der Waals surface area contributed by atoms with Crippen LogP contribution in [0.15, 0.2) is 48.5 Å². The predicted molar refractivity (Wildman–Crippen MR) is 101 cm³/mol. The molecule has 8 heteroatoms. The normalized spacial score (nSPS) is 14.7. The fraction of sp³-hybridized carbons (Fsp3) is 0.300. The first-order valence-electron chi connectivity index (χ1n) is 8.83. The number of nitrogens with zero attached hydrogens (tertiary/aromatic N) is 2. The lowest BCUT2D eigenvalue weighted by molar-refractivity contribution is -0.137. The van der Waals surface area contributed by atoms with E-state index in [2.05, 4.69) is 5.32 Å². The van der Waals surface area contributed by atoms with Crippen LogP contribution in [0.3, 0.4) is 0 Å². The molecule has 1 saturated heterocycles. The molecule has 0 radical (unpaired) electrons. The molecule has 0 saturated carbocycles. The Hall–Kier alpha value is -3.03. The molecule has 3 rings (SSSR count). The number of anilines is 2. The number of piperazine rings is 1. The number of hydrogen-bond acceptors (Lipinski definition) is 3. The number of Topliss-reactive ketones (excluding diaryl/α,β-unsaturated/α-hetero) is 1. The molecular formula is C20H20F3N3O2. The lowest BCUT2D eigenvalue weighted by atomic mass is 10.1. The number of alkyl halides is 3. The molecule has 28 heavy (non-hydrogen) atoms. The number of benzene rings is 2. The van der Waals surface area contributed by atoms with E-state index < -0.39 is 11.7 Å². The molecule has 2 aromatic rings. The largest absolute Gasteiger partial charge is 0.416 e. The van der Waals surface area contributed by atoms with E-state index in [1.54, 1.807) is 35.2 Å². The quantitative estimate of drug-likeness (QED) is 0.796. The Bertz CT molecular complexity index is 858. The van der Waals surface area contributed by atoms with Crippen molar-refractivity contribution in [3.63, 3.8) is 0 Å². The third-order valence-corrected chi connectivity index (χ3v) is 4.65. The molecule has 0 aliphatic carbocycles. The van der Waals surface area contributed by atoms with Crippen LogP contribution in [0.1, 0.15) is 22.8 Å². The van der Waals surface area contributed by atoms with Gasteiger partial charge in [-0.3, -0.25) is 4.79 Å². The van der Waals surface area contributed by atoms with Crippen molar-refractivity contribution in [1.82, 2.24) is 4.90 Å². The van der Waals surface area contributed by atoms with Gasteiger partial charge in [-0.25, -0.2) is 4.79 Å². The minimum absolute atomic E-state index is 0.0522. The van der Waals surface area contributed by atoms with Crippen LogP contribution >= 0.6 is 0 Å². The van der Waals surface area contributed by atoms with E-state index in [0.29, 0.717) is 43.1 Å². The molecule has 0 bridgehead atoms. The van der Waals surface area contributed by atoms with Gasteiger partial charge in [0.25, 0.3) is 0 Å². The number of carbonyl (C=O) groups excluding carboxylic acids is 2. The van der Waals surface area contributed by atoms with E-state index in [1.807, 2.05) is 4.90 Å². The highest BCUT2D eigenvalue weighted by Crippen LogP contribution is 2.31. The average Bonchev–Trinajstić information content (AvgIpc) is 2.68. The molecule has 0 aromatic heterocycles. The summed E-state index contributed by atoms with van der Waals surface area (Å²) >= 11 is 0. The van der Waals surface area contributed by atoms with E-state index in [-0.39, 0.29) is 11.8 Å². The molecule has 1 aliphatic rings. The van der Waals surface area contributed by atoms with Gasteiger partial charge in [-0.1, -0.05) is 6.07 Å². The molecular weight excluding hydrogens is 371 g/mol. The third-order valence-electron chi connectivity index (χ3n) is 4.65. The lowest BCUT2D eigenvalue weighted by Gasteiger charge is -2.36. The second-order valence-electron chi connectivity index (χ2n) is 6.59. The second-order valence-corrected chi connectivity index (χ2v) is 6.59. The summed E-state index contributed by atoms with van der Waals surface area (Å²) in [5.41, 5.74) is 0.955. The summed E-state index contributed by atoms with van der Waals surface area (Å²) in [5, 5.41) is 2.77. The molecule has 2 amide bonds. The zero-order chi connectivity index (χ0) is 20.3. The highest BCUT2D eigenvalue weighted by molar-refractivity contribution is 5.95. The van der Waals surface area contributed by atoms with Crippen molar-refractivity contribution in [3.8, 4) is 0 Å². The summed E-state index contributed by atoms with van der Waals surface area (Å²) in [5.74, 6) is -0.0522. The van der Waals surface area contributed by atoms with Crippen LogP contribution in [0.4, 0.5) is 29.3 Å². The summed E-state index contributed by atoms with van der Waals surface area (Å²) in [6.07, 6.45) is -4.38. The summed E-state index contributed by atoms with van der Waals surface area (Å²) in [7, 11) is 0. The number of amides is 2. The summed E-state index contributed by atoms with van der Waals surface area (Å²) in [6.45, 7) is 3.15. The van der Waals surface area contributed by atoms with Crippen molar-refractivity contribution >= 4 is 23.2 Å². The Morgan fingerprint density at radius 3 is 2.18 bits per heavy atom. The van der Waals surface area contributed by atoms with Crippen molar-refractivity contribution in [1.29, 1.82) is 0 Å². The number of hydrogen-bond donors (Lipinski definition) is 1. The Balaban J connectivity index is 1.57. The van der Waals surface area contributed by atoms with Crippen molar-refractivity contribution in [2.24, 2.45) is 0 Å². The van der Waals surface area contributed by atoms with Gasteiger partial charge in [0, 0.05) is 43.1 Å². The van der Waals surface area contributed by atoms with Crippen LogP contribution in [-0.2, 0) is 6.18 Å². The van der Waals surface area contributed by atoms with Gasteiger partial charge < -0.3 is 15.1 Å². The maximum Gasteiger partial charge on any atom is 0.416 e. The molecule has 1 aliphatic heterocycles. The smallest absolute Gasteiger partial charge is 0.368 e. The average molecular weight is 391 g/mol. The number of carbonyl (C=O) groups is 2. The van der Waals surface area contributed by atoms with Gasteiger partial charge in [0.05, 0.1) is 5.56 Å². The first-order chi connectivity index (χ1) is 13.2. The summed E-state index contributed by atoms with van der Waals surface area (Å²) in [6, 6.07) is 11.5. The Morgan fingerprint density at radius 1 is 0.964 bits per heavy atom. The molecule has 2 aromatic carbocycles. The van der Waals surface area contributed by atoms with Gasteiger partial charge in [-0.15, -0.1) is 0 Å². The molecule has 0 spiro atoms. The minimum Gasteiger partial charge on any atom is -0.368 e. The number of rotatable bonds is 3. The molecule has 1 heterocycles. The maximum atomic E-state index is 12.9. The zero-order valence-electron chi connectivity index (χ0n) is 15.3. The fourth-order valence-corrected chi connectivity index (χ4v) is 3.04. The first-order valence-corrected chi connectivity index (χ1v) is 8.83. The van der Waals surface area contributed by atoms with Gasteiger partial charge in [0.2, 0.25) is 0 Å². The first kappa shape index (κ1) is 19.7. The Labute approximate surface area is 160 Å². The van der Waals surface area contributed by atoms with E-state index in [9.17, 15) is 22.8 Å². The Kier molecular flexibility index (Phi) is 5.58. The van der Waals surface area contributed by atoms with Gasteiger partial charge in [0.1, 0.15) is 0 Å². The molecule has 148 valence electrons. The molecule has 1 fully saturated rings. The van der Waals surface area contributed by atoms with E-state index in [4.69, 9.17) is 0 Å². The number of halogens is 3. The standard InChI is InChI=1S/C20H20F3N3O2/c1-14(27)15-5-7-17(8-6-15)24-19(28)26-11-9-25(10-12-26)18-4-2-3-16(13-18)20(21,22)23/h2-8,13H,9-12H2,1H3,(H,24,28). The van der Waals surface area contributed by atoms with Crippen molar-refractivity contribution in [3.05, 3.63) is 59.7 Å². The lowest BCUT2D eigenvalue weighted by Crippen LogP contribution is -2.50. The van der Waals surface area contributed by atoms with Crippen molar-refractivity contribution in [2.45, 2.75) is 13.1 Å². The van der Waals surface area contributed by atoms with E-state index in [0.717, 1.165) is 12.1 Å². The van der Waals surface area contributed by atoms with Gasteiger partial charge in [-0.2, -0.15) is 13.2 Å². The highest BCUT2D eigenvalue weighted by Gasteiger charge is 2.31. The number of nitrogens with one attached hydrogen (secondary N) is 1. The summed E-state index contributed by atoms with van der Waals surface area (Å²) < 4.78 is 38.6. The highest BCUT2D eigenvalue weighted by atomic mass is 19.4.